The Morgan fingerprint density at radius 1 is 1.00 bits per heavy atom. The highest BCUT2D eigenvalue weighted by Gasteiger charge is 2.30. The lowest BCUT2D eigenvalue weighted by Gasteiger charge is -1.94. The predicted molar refractivity (Wildman–Crippen MR) is 52.2 cm³/mol. The summed E-state index contributed by atoms with van der Waals surface area (Å²) in [5, 5.41) is 0. The van der Waals surface area contributed by atoms with Gasteiger partial charge in [0.15, 0.2) is 0 Å². The second kappa shape index (κ2) is 2.71. The zero-order valence-corrected chi connectivity index (χ0v) is 9.97. The van der Waals surface area contributed by atoms with Crippen molar-refractivity contribution in [1.82, 2.24) is 0 Å². The molecule has 0 aliphatic carbocycles. The van der Waals surface area contributed by atoms with Gasteiger partial charge in [-0.25, -0.2) is 8.42 Å². The van der Waals surface area contributed by atoms with Crippen molar-refractivity contribution in [3.8, 4) is 0 Å². The molecular weight excluding hydrogens is 296 g/mol. The van der Waals surface area contributed by atoms with Gasteiger partial charge in [-0.1, -0.05) is 0 Å². The molecule has 0 saturated carbocycles. The van der Waals surface area contributed by atoms with Crippen LogP contribution in [0.5, 0.6) is 0 Å². The number of hydrogen-bond donors (Lipinski definition) is 0. The topological polar surface area (TPSA) is 34.1 Å². The third kappa shape index (κ3) is 1.23. The third-order valence-electron chi connectivity index (χ3n) is 1.62. The van der Waals surface area contributed by atoms with Gasteiger partial charge in [0.05, 0.1) is 9.81 Å². The molecule has 1 aliphatic rings. The van der Waals surface area contributed by atoms with E-state index in [9.17, 15) is 8.42 Å². The van der Waals surface area contributed by atoms with Crippen LogP contribution in [-0.2, 0) is 9.84 Å². The molecule has 0 amide bonds. The molecule has 1 aliphatic heterocycles. The number of sulfone groups is 1. The molecule has 0 spiro atoms. The maximum atomic E-state index is 11.3. The Bertz CT molecular complexity index is 332. The number of halogens is 2. The van der Waals surface area contributed by atoms with Crippen molar-refractivity contribution < 1.29 is 8.42 Å². The minimum absolute atomic E-state index is 0.377. The molecule has 0 aromatic rings. The van der Waals surface area contributed by atoms with Crippen molar-refractivity contribution in [1.29, 1.82) is 0 Å². The summed E-state index contributed by atoms with van der Waals surface area (Å²) in [6, 6.07) is 0. The predicted octanol–water partition coefficient (Wildman–Crippen LogP) is 2.67. The Kier molecular flexibility index (Phi) is 2.33. The Morgan fingerprint density at radius 2 is 1.27 bits per heavy atom. The van der Waals surface area contributed by atoms with E-state index in [1.807, 2.05) is 0 Å². The van der Waals surface area contributed by atoms with E-state index >= 15 is 0 Å². The summed E-state index contributed by atoms with van der Waals surface area (Å²) in [6.07, 6.45) is 0. The molecule has 0 fully saturated rings. The van der Waals surface area contributed by atoms with Crippen LogP contribution in [0.3, 0.4) is 0 Å². The van der Waals surface area contributed by atoms with E-state index in [0.29, 0.717) is 18.8 Å². The minimum atomic E-state index is -3.14. The summed E-state index contributed by atoms with van der Waals surface area (Å²) >= 11 is 6.36. The summed E-state index contributed by atoms with van der Waals surface area (Å²) in [4.78, 5) is 0.753. The highest BCUT2D eigenvalue weighted by molar-refractivity contribution is 9.15. The molecule has 0 aromatic carbocycles. The molecule has 0 unspecified atom stereocenters. The van der Waals surface area contributed by atoms with E-state index < -0.39 is 9.84 Å². The SMILES string of the molecule is CC1=C(Br)C(Br)=C(C)S1(=O)=O. The summed E-state index contributed by atoms with van der Waals surface area (Å²) in [5.41, 5.74) is 0. The van der Waals surface area contributed by atoms with Gasteiger partial charge in [-0.05, 0) is 45.7 Å². The number of hydrogen-bond acceptors (Lipinski definition) is 2. The van der Waals surface area contributed by atoms with Crippen LogP contribution < -0.4 is 0 Å². The van der Waals surface area contributed by atoms with Gasteiger partial charge in [-0.15, -0.1) is 0 Å². The first-order valence-electron chi connectivity index (χ1n) is 2.87. The molecule has 0 N–H and O–H groups in total. The normalized spacial score (nSPS) is 23.3. The van der Waals surface area contributed by atoms with Crippen molar-refractivity contribution in [2.24, 2.45) is 0 Å². The maximum absolute atomic E-state index is 11.3. The van der Waals surface area contributed by atoms with Crippen LogP contribution in [0.15, 0.2) is 18.8 Å². The number of rotatable bonds is 0. The third-order valence-corrected chi connectivity index (χ3v) is 6.68. The standard InChI is InChI=1S/C6H6Br2O2S/c1-3-5(7)6(8)4(2)11(3,9)10/h1-2H3. The van der Waals surface area contributed by atoms with Crippen LogP contribution >= 0.6 is 31.9 Å². The molecule has 0 saturated heterocycles. The zero-order chi connectivity index (χ0) is 8.81. The highest BCUT2D eigenvalue weighted by atomic mass is 79.9. The molecule has 1 heterocycles. The van der Waals surface area contributed by atoms with Crippen molar-refractivity contribution in [3.63, 3.8) is 0 Å². The van der Waals surface area contributed by atoms with Crippen LogP contribution in [0.4, 0.5) is 0 Å². The fourth-order valence-electron chi connectivity index (χ4n) is 0.775. The molecule has 62 valence electrons. The van der Waals surface area contributed by atoms with Gasteiger partial charge in [-0.2, -0.15) is 0 Å². The first kappa shape index (κ1) is 9.48. The van der Waals surface area contributed by atoms with Gasteiger partial charge < -0.3 is 0 Å². The maximum Gasteiger partial charge on any atom is 0.200 e. The molecule has 2 nitrogen and oxygen atoms in total. The van der Waals surface area contributed by atoms with Crippen molar-refractivity contribution in [2.45, 2.75) is 13.8 Å². The lowest BCUT2D eigenvalue weighted by Crippen LogP contribution is -1.97. The van der Waals surface area contributed by atoms with Crippen molar-refractivity contribution >= 4 is 41.7 Å². The van der Waals surface area contributed by atoms with Crippen LogP contribution in [0.1, 0.15) is 13.8 Å². The second-order valence-corrected chi connectivity index (χ2v) is 6.06. The van der Waals surface area contributed by atoms with E-state index in [1.54, 1.807) is 13.8 Å². The smallest absolute Gasteiger partial charge is 0.200 e. The Labute approximate surface area is 82.5 Å². The molecule has 0 radical (unpaired) electrons. The molecular formula is C6H6Br2O2S. The van der Waals surface area contributed by atoms with Crippen LogP contribution in [-0.4, -0.2) is 8.42 Å². The van der Waals surface area contributed by atoms with Crippen LogP contribution in [0, 0.1) is 0 Å². The molecule has 5 heteroatoms. The Hall–Kier alpha value is 0.390. The molecule has 0 atom stereocenters. The van der Waals surface area contributed by atoms with E-state index in [2.05, 4.69) is 31.9 Å². The van der Waals surface area contributed by atoms with Crippen LogP contribution in [0.25, 0.3) is 0 Å². The van der Waals surface area contributed by atoms with E-state index in [4.69, 9.17) is 0 Å². The largest absolute Gasteiger partial charge is 0.219 e. The average molecular weight is 302 g/mol. The van der Waals surface area contributed by atoms with E-state index in [0.717, 1.165) is 0 Å². The van der Waals surface area contributed by atoms with Gasteiger partial charge in [0, 0.05) is 8.96 Å². The first-order valence-corrected chi connectivity index (χ1v) is 5.94. The Morgan fingerprint density at radius 3 is 1.36 bits per heavy atom. The van der Waals surface area contributed by atoms with E-state index in [-0.39, 0.29) is 0 Å². The zero-order valence-electron chi connectivity index (χ0n) is 5.98. The minimum Gasteiger partial charge on any atom is -0.219 e. The summed E-state index contributed by atoms with van der Waals surface area (Å²) in [5.74, 6) is 0. The molecule has 0 aromatic heterocycles. The van der Waals surface area contributed by atoms with Gasteiger partial charge >= 0.3 is 0 Å². The molecule has 11 heavy (non-hydrogen) atoms. The Balaban J connectivity index is 3.52. The monoisotopic (exact) mass is 300 g/mol. The highest BCUT2D eigenvalue weighted by Crippen LogP contribution is 2.41. The van der Waals surface area contributed by atoms with Crippen molar-refractivity contribution in [2.75, 3.05) is 0 Å². The average Bonchev–Trinajstić information content (AvgIpc) is 2.06. The number of allylic oxidation sites excluding steroid dienone is 4. The lowest BCUT2D eigenvalue weighted by molar-refractivity contribution is 0.608. The van der Waals surface area contributed by atoms with E-state index in [1.165, 1.54) is 0 Å². The molecule has 1 rings (SSSR count). The first-order chi connectivity index (χ1) is 4.89. The van der Waals surface area contributed by atoms with Gasteiger partial charge in [-0.3, -0.25) is 0 Å². The summed E-state index contributed by atoms with van der Waals surface area (Å²) in [6.45, 7) is 3.16. The fraction of sp³-hybridized carbons (Fsp3) is 0.333. The van der Waals surface area contributed by atoms with Gasteiger partial charge in [0.25, 0.3) is 0 Å². The second-order valence-electron chi connectivity index (χ2n) is 2.24. The quantitative estimate of drug-likeness (QED) is 0.689. The lowest BCUT2D eigenvalue weighted by atomic mass is 10.5. The fourth-order valence-corrected chi connectivity index (χ4v) is 4.05. The molecule has 0 bridgehead atoms. The summed E-state index contributed by atoms with van der Waals surface area (Å²) < 4.78 is 23.9. The van der Waals surface area contributed by atoms with Crippen molar-refractivity contribution in [3.05, 3.63) is 18.8 Å². The van der Waals surface area contributed by atoms with Crippen LogP contribution in [0.2, 0.25) is 0 Å². The summed E-state index contributed by atoms with van der Waals surface area (Å²) in [7, 11) is -3.14. The van der Waals surface area contributed by atoms with Gasteiger partial charge in [0.1, 0.15) is 0 Å². The van der Waals surface area contributed by atoms with Gasteiger partial charge in [0.2, 0.25) is 9.84 Å².